The molecule has 2 nitrogen and oxygen atoms in total. The van der Waals surface area contributed by atoms with Gasteiger partial charge in [-0.05, 0) is 13.8 Å². The van der Waals surface area contributed by atoms with Crippen LogP contribution in [0.25, 0.3) is 0 Å². The maximum atomic E-state index is 5.21. The molecule has 0 unspecified atom stereocenters. The smallest absolute Gasteiger partial charge is 0.0790 e. The average molecular weight is 302 g/mol. The third-order valence-electron chi connectivity index (χ3n) is 1.16. The number of halogens is 2. The molecule has 0 heterocycles. The van der Waals surface area contributed by atoms with Gasteiger partial charge in [0.1, 0.15) is 0 Å². The van der Waals surface area contributed by atoms with E-state index < -0.39 is 0 Å². The van der Waals surface area contributed by atoms with Gasteiger partial charge in [-0.2, -0.15) is 0 Å². The average Bonchev–Trinajstić information content (AvgIpc) is 2.10. The zero-order valence-electron chi connectivity index (χ0n) is 7.40. The highest BCUT2D eigenvalue weighted by Gasteiger charge is 2.00. The third kappa shape index (κ3) is 6.17. The molecule has 4 heteroatoms. The highest BCUT2D eigenvalue weighted by atomic mass is 79.9. The van der Waals surface area contributed by atoms with Gasteiger partial charge in [-0.15, -0.1) is 0 Å². The van der Waals surface area contributed by atoms with Crippen molar-refractivity contribution in [3.63, 3.8) is 0 Å². The molecular weight excluding hydrogens is 288 g/mol. The molecule has 0 aromatic carbocycles. The fourth-order valence-corrected chi connectivity index (χ4v) is 1.09. The van der Waals surface area contributed by atoms with E-state index in [4.69, 9.17) is 9.47 Å². The van der Waals surface area contributed by atoms with Crippen LogP contribution in [0.2, 0.25) is 0 Å². The van der Waals surface area contributed by atoms with Gasteiger partial charge < -0.3 is 9.47 Å². The summed E-state index contributed by atoms with van der Waals surface area (Å²) in [6.45, 7) is 6.59. The Kier molecular flexibility index (Phi) is 8.65. The van der Waals surface area contributed by atoms with Crippen molar-refractivity contribution in [2.24, 2.45) is 0 Å². The molecule has 0 aromatic heterocycles. The SMILES string of the molecule is CCOCC(Br)=C(Br)COCC. The zero-order chi connectivity index (χ0) is 9.40. The van der Waals surface area contributed by atoms with Crippen molar-refractivity contribution in [2.75, 3.05) is 26.4 Å². The largest absolute Gasteiger partial charge is 0.376 e. The fourth-order valence-electron chi connectivity index (χ4n) is 0.540. The summed E-state index contributed by atoms with van der Waals surface area (Å²) >= 11 is 6.80. The second-order valence-electron chi connectivity index (χ2n) is 2.08. The van der Waals surface area contributed by atoms with Crippen molar-refractivity contribution >= 4 is 31.9 Å². The molecule has 0 aromatic rings. The highest BCUT2D eigenvalue weighted by molar-refractivity contribution is 9.14. The molecule has 0 rings (SSSR count). The Balaban J connectivity index is 3.72. The van der Waals surface area contributed by atoms with E-state index in [0.29, 0.717) is 13.2 Å². The van der Waals surface area contributed by atoms with Crippen molar-refractivity contribution in [1.82, 2.24) is 0 Å². The summed E-state index contributed by atoms with van der Waals surface area (Å²) in [6.07, 6.45) is 0. The van der Waals surface area contributed by atoms with Crippen molar-refractivity contribution < 1.29 is 9.47 Å². The van der Waals surface area contributed by atoms with Gasteiger partial charge in [-0.25, -0.2) is 0 Å². The van der Waals surface area contributed by atoms with Gasteiger partial charge in [-0.3, -0.25) is 0 Å². The second-order valence-corrected chi connectivity index (χ2v) is 4.00. The third-order valence-corrected chi connectivity index (χ3v) is 3.11. The summed E-state index contributed by atoms with van der Waals surface area (Å²) in [7, 11) is 0. The number of rotatable bonds is 6. The minimum atomic E-state index is 0.601. The Bertz CT molecular complexity index is 130. The Morgan fingerprint density at radius 1 is 0.917 bits per heavy atom. The lowest BCUT2D eigenvalue weighted by atomic mass is 10.5. The van der Waals surface area contributed by atoms with E-state index in [-0.39, 0.29) is 0 Å². The molecule has 0 bridgehead atoms. The zero-order valence-corrected chi connectivity index (χ0v) is 10.6. The van der Waals surface area contributed by atoms with Crippen LogP contribution >= 0.6 is 31.9 Å². The summed E-state index contributed by atoms with van der Waals surface area (Å²) in [6, 6.07) is 0. The summed E-state index contributed by atoms with van der Waals surface area (Å²) in [4.78, 5) is 0. The lowest BCUT2D eigenvalue weighted by Crippen LogP contribution is -1.99. The van der Waals surface area contributed by atoms with Gasteiger partial charge in [0.05, 0.1) is 13.2 Å². The molecule has 0 fully saturated rings. The molecule has 0 aliphatic rings. The maximum absolute atomic E-state index is 5.21. The van der Waals surface area contributed by atoms with Crippen LogP contribution < -0.4 is 0 Å². The molecule has 0 saturated heterocycles. The van der Waals surface area contributed by atoms with Crippen molar-refractivity contribution in [2.45, 2.75) is 13.8 Å². The minimum absolute atomic E-state index is 0.601. The van der Waals surface area contributed by atoms with Crippen LogP contribution in [0.15, 0.2) is 8.96 Å². The van der Waals surface area contributed by atoms with Crippen LogP contribution in [0.1, 0.15) is 13.8 Å². The Hall–Kier alpha value is 0.620. The maximum Gasteiger partial charge on any atom is 0.0790 e. The van der Waals surface area contributed by atoms with E-state index in [2.05, 4.69) is 31.9 Å². The molecule has 12 heavy (non-hydrogen) atoms. The lowest BCUT2D eigenvalue weighted by molar-refractivity contribution is 0.166. The summed E-state index contributed by atoms with van der Waals surface area (Å²) in [5.74, 6) is 0. The minimum Gasteiger partial charge on any atom is -0.376 e. The molecule has 0 saturated carbocycles. The number of ether oxygens (including phenoxy) is 2. The summed E-state index contributed by atoms with van der Waals surface area (Å²) < 4.78 is 12.4. The first-order valence-corrected chi connectivity index (χ1v) is 5.49. The first-order chi connectivity index (χ1) is 5.72. The normalized spacial score (nSPS) is 13.0. The highest BCUT2D eigenvalue weighted by Crippen LogP contribution is 2.18. The molecule has 0 aliphatic carbocycles. The summed E-state index contributed by atoms with van der Waals surface area (Å²) in [5.41, 5.74) is 0. The van der Waals surface area contributed by atoms with Crippen LogP contribution in [-0.4, -0.2) is 26.4 Å². The Morgan fingerprint density at radius 3 is 1.50 bits per heavy atom. The molecule has 0 N–H and O–H groups in total. The first kappa shape index (κ1) is 12.6. The van der Waals surface area contributed by atoms with Crippen molar-refractivity contribution in [1.29, 1.82) is 0 Å². The quantitative estimate of drug-likeness (QED) is 0.751. The summed E-state index contributed by atoms with van der Waals surface area (Å²) in [5, 5.41) is 0. The van der Waals surface area contributed by atoms with E-state index in [1.807, 2.05) is 13.8 Å². The molecular formula is C8H14Br2O2. The van der Waals surface area contributed by atoms with Crippen LogP contribution in [0.3, 0.4) is 0 Å². The Labute approximate surface area is 90.6 Å². The van der Waals surface area contributed by atoms with Crippen LogP contribution in [0, 0.1) is 0 Å². The molecule has 0 atom stereocenters. The van der Waals surface area contributed by atoms with Gasteiger partial charge in [-0.1, -0.05) is 31.9 Å². The van der Waals surface area contributed by atoms with Gasteiger partial charge in [0, 0.05) is 22.2 Å². The van der Waals surface area contributed by atoms with Gasteiger partial charge >= 0.3 is 0 Å². The lowest BCUT2D eigenvalue weighted by Gasteiger charge is -2.04. The predicted octanol–water partition coefficient (Wildman–Crippen LogP) is 3.06. The van der Waals surface area contributed by atoms with Crippen LogP contribution in [0.5, 0.6) is 0 Å². The molecule has 0 aliphatic heterocycles. The number of hydrogen-bond donors (Lipinski definition) is 0. The topological polar surface area (TPSA) is 18.5 Å². The van der Waals surface area contributed by atoms with Gasteiger partial charge in [0.2, 0.25) is 0 Å². The fraction of sp³-hybridized carbons (Fsp3) is 0.750. The number of hydrogen-bond acceptors (Lipinski definition) is 2. The van der Waals surface area contributed by atoms with E-state index in [1.54, 1.807) is 0 Å². The van der Waals surface area contributed by atoms with E-state index >= 15 is 0 Å². The van der Waals surface area contributed by atoms with Gasteiger partial charge in [0.15, 0.2) is 0 Å². The predicted molar refractivity (Wildman–Crippen MR) is 57.9 cm³/mol. The molecule has 72 valence electrons. The van der Waals surface area contributed by atoms with E-state index in [1.165, 1.54) is 0 Å². The van der Waals surface area contributed by atoms with Crippen LogP contribution in [-0.2, 0) is 9.47 Å². The Morgan fingerprint density at radius 2 is 1.25 bits per heavy atom. The van der Waals surface area contributed by atoms with E-state index in [9.17, 15) is 0 Å². The first-order valence-electron chi connectivity index (χ1n) is 3.90. The molecule has 0 radical (unpaired) electrons. The molecule has 0 amide bonds. The van der Waals surface area contributed by atoms with E-state index in [0.717, 1.165) is 22.2 Å². The standard InChI is InChI=1S/C8H14Br2O2/c1-3-11-5-7(9)8(10)6-12-4-2/h3-6H2,1-2H3. The van der Waals surface area contributed by atoms with Crippen molar-refractivity contribution in [3.8, 4) is 0 Å². The molecule has 0 spiro atoms. The van der Waals surface area contributed by atoms with Crippen LogP contribution in [0.4, 0.5) is 0 Å². The monoisotopic (exact) mass is 300 g/mol. The van der Waals surface area contributed by atoms with Crippen molar-refractivity contribution in [3.05, 3.63) is 8.96 Å². The second kappa shape index (κ2) is 8.23. The van der Waals surface area contributed by atoms with Gasteiger partial charge in [0.25, 0.3) is 0 Å².